The molecule has 7 nitrogen and oxygen atoms in total. The Bertz CT molecular complexity index is 861. The molecular weight excluding hydrogens is 336 g/mol. The number of tetrazole rings is 1. The second-order valence-corrected chi connectivity index (χ2v) is 7.34. The molecule has 0 aliphatic heterocycles. The second kappa shape index (κ2) is 5.43. The van der Waals surface area contributed by atoms with Gasteiger partial charge < -0.3 is 4.18 Å². The van der Waals surface area contributed by atoms with Crippen molar-refractivity contribution in [1.82, 2.24) is 20.2 Å². The lowest BCUT2D eigenvalue weighted by Crippen LogP contribution is -2.08. The molecule has 2 aromatic heterocycles. The normalized spacial score (nSPS) is 11.5. The lowest BCUT2D eigenvalue weighted by Gasteiger charge is -2.06. The number of thiophene rings is 1. The maximum absolute atomic E-state index is 12.1. The molecule has 10 heteroatoms. The third kappa shape index (κ3) is 3.04. The molecule has 1 aromatic carbocycles. The van der Waals surface area contributed by atoms with Crippen molar-refractivity contribution in [2.45, 2.75) is 4.21 Å². The zero-order chi connectivity index (χ0) is 14.9. The van der Waals surface area contributed by atoms with Crippen molar-refractivity contribution in [1.29, 1.82) is 0 Å². The van der Waals surface area contributed by atoms with E-state index in [4.69, 9.17) is 15.8 Å². The minimum absolute atomic E-state index is 0.0420. The van der Waals surface area contributed by atoms with Crippen LogP contribution in [-0.4, -0.2) is 28.6 Å². The number of rotatable bonds is 4. The van der Waals surface area contributed by atoms with Crippen molar-refractivity contribution in [2.24, 2.45) is 0 Å². The summed E-state index contributed by atoms with van der Waals surface area (Å²) < 4.78 is 31.1. The largest absolute Gasteiger partial charge is 0.378 e. The molecule has 21 heavy (non-hydrogen) atoms. The van der Waals surface area contributed by atoms with Gasteiger partial charge in [-0.25, -0.2) is 4.68 Å². The Morgan fingerprint density at radius 1 is 1.24 bits per heavy atom. The standard InChI is InChI=1S/C11H7ClN4O3S2/c12-10-4-5-11(20-10)21(17,18)19-9-3-1-2-8(6-9)16-7-13-14-15-16/h1-7H. The molecule has 3 rings (SSSR count). The van der Waals surface area contributed by atoms with Gasteiger partial charge >= 0.3 is 10.1 Å². The van der Waals surface area contributed by atoms with E-state index in [1.165, 1.54) is 35.3 Å². The molecule has 0 atom stereocenters. The Morgan fingerprint density at radius 3 is 2.76 bits per heavy atom. The van der Waals surface area contributed by atoms with Crippen LogP contribution < -0.4 is 4.18 Å². The third-order valence-corrected chi connectivity index (χ3v) is 5.36. The molecule has 0 saturated carbocycles. The van der Waals surface area contributed by atoms with Crippen molar-refractivity contribution in [3.8, 4) is 11.4 Å². The molecule has 0 N–H and O–H groups in total. The molecule has 0 fully saturated rings. The van der Waals surface area contributed by atoms with E-state index in [2.05, 4.69) is 15.5 Å². The smallest absolute Gasteiger partial charge is 0.348 e. The fourth-order valence-corrected chi connectivity index (χ4v) is 3.92. The quantitative estimate of drug-likeness (QED) is 0.675. The van der Waals surface area contributed by atoms with E-state index in [-0.39, 0.29) is 9.96 Å². The van der Waals surface area contributed by atoms with E-state index in [1.807, 2.05) is 0 Å². The Hall–Kier alpha value is -1.97. The number of halogens is 1. The SMILES string of the molecule is O=S(=O)(Oc1cccc(-n2cnnn2)c1)c1ccc(Cl)s1. The van der Waals surface area contributed by atoms with Gasteiger partial charge in [-0.1, -0.05) is 17.7 Å². The predicted octanol–water partition coefficient (Wildman–Crippen LogP) is 2.14. The van der Waals surface area contributed by atoms with Gasteiger partial charge in [-0.15, -0.1) is 16.4 Å². The molecule has 0 amide bonds. The average molecular weight is 343 g/mol. The zero-order valence-corrected chi connectivity index (χ0v) is 12.6. The predicted molar refractivity (Wildman–Crippen MR) is 76.3 cm³/mol. The molecular formula is C11H7ClN4O3S2. The van der Waals surface area contributed by atoms with Crippen LogP contribution in [0.25, 0.3) is 5.69 Å². The average Bonchev–Trinajstić information content (AvgIpc) is 3.09. The molecule has 2 heterocycles. The van der Waals surface area contributed by atoms with Crippen LogP contribution >= 0.6 is 22.9 Å². The van der Waals surface area contributed by atoms with Gasteiger partial charge in [0.15, 0.2) is 4.21 Å². The highest BCUT2D eigenvalue weighted by molar-refractivity contribution is 7.89. The monoisotopic (exact) mass is 342 g/mol. The van der Waals surface area contributed by atoms with Gasteiger partial charge in [0.1, 0.15) is 12.1 Å². The number of hydrogen-bond donors (Lipinski definition) is 0. The van der Waals surface area contributed by atoms with Crippen molar-refractivity contribution in [2.75, 3.05) is 0 Å². The van der Waals surface area contributed by atoms with Gasteiger partial charge in [-0.2, -0.15) is 8.42 Å². The van der Waals surface area contributed by atoms with Gasteiger partial charge in [0.05, 0.1) is 10.0 Å². The van der Waals surface area contributed by atoms with Gasteiger partial charge in [0.2, 0.25) is 0 Å². The van der Waals surface area contributed by atoms with Crippen molar-refractivity contribution in [3.05, 3.63) is 47.1 Å². The van der Waals surface area contributed by atoms with Crippen molar-refractivity contribution < 1.29 is 12.6 Å². The fourth-order valence-electron chi connectivity index (χ4n) is 1.56. The summed E-state index contributed by atoms with van der Waals surface area (Å²) in [6.45, 7) is 0. The summed E-state index contributed by atoms with van der Waals surface area (Å²) in [7, 11) is -3.90. The van der Waals surface area contributed by atoms with Crippen molar-refractivity contribution in [3.63, 3.8) is 0 Å². The molecule has 0 unspecified atom stereocenters. The van der Waals surface area contributed by atoms with Gasteiger partial charge in [-0.3, -0.25) is 0 Å². The summed E-state index contributed by atoms with van der Waals surface area (Å²) in [5.41, 5.74) is 0.580. The number of hydrogen-bond acceptors (Lipinski definition) is 7. The van der Waals surface area contributed by atoms with Gasteiger partial charge in [0.25, 0.3) is 0 Å². The Kier molecular flexibility index (Phi) is 3.62. The molecule has 0 aliphatic carbocycles. The van der Waals surface area contributed by atoms with Crippen LogP contribution in [0.5, 0.6) is 5.75 Å². The summed E-state index contributed by atoms with van der Waals surface area (Å²) in [5.74, 6) is 0.160. The summed E-state index contributed by atoms with van der Waals surface area (Å²) in [6, 6.07) is 9.30. The molecule has 0 radical (unpaired) electrons. The van der Waals surface area contributed by atoms with E-state index in [0.29, 0.717) is 10.0 Å². The molecule has 0 bridgehead atoms. The highest BCUT2D eigenvalue weighted by Gasteiger charge is 2.19. The van der Waals surface area contributed by atoms with Crippen molar-refractivity contribution >= 4 is 33.1 Å². The molecule has 108 valence electrons. The van der Waals surface area contributed by atoms with Crippen LogP contribution in [0.4, 0.5) is 0 Å². The van der Waals surface area contributed by atoms with Gasteiger partial charge in [-0.05, 0) is 34.7 Å². The number of nitrogens with zero attached hydrogens (tertiary/aromatic N) is 4. The third-order valence-electron chi connectivity index (χ3n) is 2.43. The minimum atomic E-state index is -3.90. The van der Waals surface area contributed by atoms with E-state index >= 15 is 0 Å². The van der Waals surface area contributed by atoms with Crippen LogP contribution in [0.15, 0.2) is 46.9 Å². The Labute approximate surface area is 128 Å². The Balaban J connectivity index is 1.90. The lowest BCUT2D eigenvalue weighted by molar-refractivity contribution is 0.488. The number of benzene rings is 1. The molecule has 3 aromatic rings. The molecule has 0 saturated heterocycles. The van der Waals surface area contributed by atoms with Crippen LogP contribution in [0, 0.1) is 0 Å². The maximum atomic E-state index is 12.1. The Morgan fingerprint density at radius 2 is 2.10 bits per heavy atom. The van der Waals surface area contributed by atoms with Crippen LogP contribution in [0.3, 0.4) is 0 Å². The second-order valence-electron chi connectivity index (χ2n) is 3.85. The van der Waals surface area contributed by atoms with E-state index in [0.717, 1.165) is 11.3 Å². The fraction of sp³-hybridized carbons (Fsp3) is 0. The first-order valence-corrected chi connectivity index (χ1v) is 8.18. The first-order chi connectivity index (χ1) is 10.0. The lowest BCUT2D eigenvalue weighted by atomic mass is 10.3. The van der Waals surface area contributed by atoms with E-state index in [1.54, 1.807) is 12.1 Å². The highest BCUT2D eigenvalue weighted by atomic mass is 35.5. The highest BCUT2D eigenvalue weighted by Crippen LogP contribution is 2.28. The summed E-state index contributed by atoms with van der Waals surface area (Å²) >= 11 is 6.67. The number of aromatic nitrogens is 4. The summed E-state index contributed by atoms with van der Waals surface area (Å²) in [5, 5.41) is 10.7. The summed E-state index contributed by atoms with van der Waals surface area (Å²) in [4.78, 5) is 0. The van der Waals surface area contributed by atoms with E-state index in [9.17, 15) is 8.42 Å². The topological polar surface area (TPSA) is 87.0 Å². The molecule has 0 spiro atoms. The molecule has 0 aliphatic rings. The van der Waals surface area contributed by atoms with Crippen LogP contribution in [0.1, 0.15) is 0 Å². The van der Waals surface area contributed by atoms with Crippen LogP contribution in [0.2, 0.25) is 4.34 Å². The first kappa shape index (κ1) is 14.0. The summed E-state index contributed by atoms with van der Waals surface area (Å²) in [6.07, 6.45) is 1.40. The van der Waals surface area contributed by atoms with E-state index < -0.39 is 10.1 Å². The zero-order valence-electron chi connectivity index (χ0n) is 10.2. The first-order valence-electron chi connectivity index (χ1n) is 5.58. The van der Waals surface area contributed by atoms with Crippen LogP contribution in [-0.2, 0) is 10.1 Å². The maximum Gasteiger partial charge on any atom is 0.348 e. The minimum Gasteiger partial charge on any atom is -0.378 e. The van der Waals surface area contributed by atoms with Gasteiger partial charge in [0, 0.05) is 6.07 Å².